The van der Waals surface area contributed by atoms with E-state index in [0.717, 1.165) is 11.3 Å². The molecule has 2 amide bonds. The van der Waals surface area contributed by atoms with Crippen LogP contribution in [0.5, 0.6) is 0 Å². The fraction of sp³-hybridized carbons (Fsp3) is 0.471. The van der Waals surface area contributed by atoms with Crippen molar-refractivity contribution in [3.63, 3.8) is 0 Å². The number of benzene rings is 1. The fourth-order valence-electron chi connectivity index (χ4n) is 3.40. The summed E-state index contributed by atoms with van der Waals surface area (Å²) in [6.45, 7) is 0.129. The highest BCUT2D eigenvalue weighted by atomic mass is 19.3. The molecule has 2 aliphatic rings. The zero-order chi connectivity index (χ0) is 18.1. The Bertz CT molecular complexity index is 692. The number of amides is 2. The highest BCUT2D eigenvalue weighted by molar-refractivity contribution is 5.97. The van der Waals surface area contributed by atoms with Gasteiger partial charge in [-0.3, -0.25) is 14.4 Å². The molecule has 1 aromatic rings. The van der Waals surface area contributed by atoms with Crippen molar-refractivity contribution < 1.29 is 28.3 Å². The molecule has 0 bridgehead atoms. The van der Waals surface area contributed by atoms with Crippen molar-refractivity contribution in [1.29, 1.82) is 0 Å². The molecule has 2 fully saturated rings. The molecule has 2 atom stereocenters. The maximum Gasteiger partial charge on any atom is 0.308 e. The van der Waals surface area contributed by atoms with Crippen LogP contribution in [0, 0.1) is 11.8 Å². The van der Waals surface area contributed by atoms with Gasteiger partial charge in [0.15, 0.2) is 0 Å². The summed E-state index contributed by atoms with van der Waals surface area (Å²) in [4.78, 5) is 38.1. The number of halogens is 2. The van der Waals surface area contributed by atoms with Gasteiger partial charge in [-0.1, -0.05) is 0 Å². The highest BCUT2D eigenvalue weighted by Gasteiger charge is 2.44. The summed E-state index contributed by atoms with van der Waals surface area (Å²) >= 11 is 0. The number of anilines is 1. The first-order chi connectivity index (χ1) is 11.9. The number of carbonyl (C=O) groups is 3. The Balaban J connectivity index is 1.73. The average molecular weight is 352 g/mol. The lowest BCUT2D eigenvalue weighted by Gasteiger charge is -2.18. The lowest BCUT2D eigenvalue weighted by molar-refractivity contribution is -0.144. The summed E-state index contributed by atoms with van der Waals surface area (Å²) in [5, 5.41) is 9.08. The van der Waals surface area contributed by atoms with E-state index in [1.54, 1.807) is 17.0 Å². The molecule has 3 rings (SSSR count). The van der Waals surface area contributed by atoms with E-state index >= 15 is 0 Å². The van der Waals surface area contributed by atoms with Crippen LogP contribution in [0.15, 0.2) is 24.3 Å². The molecule has 0 spiro atoms. The van der Waals surface area contributed by atoms with Crippen molar-refractivity contribution in [1.82, 2.24) is 4.90 Å². The first-order valence-corrected chi connectivity index (χ1v) is 8.09. The van der Waals surface area contributed by atoms with E-state index in [4.69, 9.17) is 5.11 Å². The number of rotatable bonds is 4. The molecular formula is C17H18F2N2O4. The number of nitrogens with zero attached hydrogens (tertiary/aromatic N) is 2. The first-order valence-electron chi connectivity index (χ1n) is 8.09. The zero-order valence-electron chi connectivity index (χ0n) is 13.4. The van der Waals surface area contributed by atoms with E-state index in [-0.39, 0.29) is 24.6 Å². The normalized spacial score (nSPS) is 23.6. The Hall–Kier alpha value is -2.51. The Kier molecular flexibility index (Phi) is 4.69. The van der Waals surface area contributed by atoms with E-state index in [0.29, 0.717) is 18.7 Å². The standard InChI is InChI=1S/C17H18F2N2O4/c18-15(19)12-8-20(9-13(12)17(24)25)16(23)10-3-5-11(6-4-10)21-7-1-2-14(21)22/h3-6,12-13,15H,1-2,7-9H2,(H,24,25)/t12-,13-/m1/s1. The molecule has 0 aromatic heterocycles. The number of aliphatic carboxylic acids is 1. The quantitative estimate of drug-likeness (QED) is 0.897. The van der Waals surface area contributed by atoms with Gasteiger partial charge in [0.1, 0.15) is 0 Å². The van der Waals surface area contributed by atoms with Crippen LogP contribution in [0.4, 0.5) is 14.5 Å². The number of carboxylic acid groups (broad SMARTS) is 1. The summed E-state index contributed by atoms with van der Waals surface area (Å²) in [6.07, 6.45) is -1.50. The monoisotopic (exact) mass is 352 g/mol. The molecule has 0 aliphatic carbocycles. The molecule has 6 nitrogen and oxygen atoms in total. The minimum atomic E-state index is -2.79. The molecule has 1 aromatic carbocycles. The van der Waals surface area contributed by atoms with Gasteiger partial charge in [0, 0.05) is 37.3 Å². The van der Waals surface area contributed by atoms with E-state index in [1.165, 1.54) is 12.1 Å². The van der Waals surface area contributed by atoms with Crippen molar-refractivity contribution in [3.8, 4) is 0 Å². The van der Waals surface area contributed by atoms with E-state index in [1.807, 2.05) is 0 Å². The third kappa shape index (κ3) is 3.33. The predicted molar refractivity (Wildman–Crippen MR) is 84.6 cm³/mol. The lowest BCUT2D eigenvalue weighted by atomic mass is 9.97. The Morgan fingerprint density at radius 1 is 1.16 bits per heavy atom. The van der Waals surface area contributed by atoms with Gasteiger partial charge in [-0.2, -0.15) is 0 Å². The number of carbonyl (C=O) groups excluding carboxylic acids is 2. The molecule has 0 saturated carbocycles. The van der Waals surface area contributed by atoms with Gasteiger partial charge in [-0.05, 0) is 30.7 Å². The SMILES string of the molecule is O=C(O)[C@@H]1CN(C(=O)c2ccc(N3CCCC3=O)cc2)C[C@H]1C(F)F. The first kappa shape index (κ1) is 17.3. The number of likely N-dealkylation sites (tertiary alicyclic amines) is 1. The van der Waals surface area contributed by atoms with Gasteiger partial charge in [0.05, 0.1) is 11.8 Å². The second-order valence-corrected chi connectivity index (χ2v) is 6.35. The molecule has 2 saturated heterocycles. The summed E-state index contributed by atoms with van der Waals surface area (Å²) < 4.78 is 26.0. The topological polar surface area (TPSA) is 77.9 Å². The second-order valence-electron chi connectivity index (χ2n) is 6.35. The lowest BCUT2D eigenvalue weighted by Crippen LogP contribution is -2.30. The highest BCUT2D eigenvalue weighted by Crippen LogP contribution is 2.30. The maximum absolute atomic E-state index is 13.0. The van der Waals surface area contributed by atoms with Crippen LogP contribution in [-0.2, 0) is 9.59 Å². The van der Waals surface area contributed by atoms with Crippen molar-refractivity contribution in [2.75, 3.05) is 24.5 Å². The van der Waals surface area contributed by atoms with Crippen molar-refractivity contribution in [3.05, 3.63) is 29.8 Å². The van der Waals surface area contributed by atoms with Gasteiger partial charge in [0.25, 0.3) is 5.91 Å². The fourth-order valence-corrected chi connectivity index (χ4v) is 3.40. The summed E-state index contributed by atoms with van der Waals surface area (Å²) in [7, 11) is 0. The predicted octanol–water partition coefficient (Wildman–Crippen LogP) is 1.85. The Labute approximate surface area is 143 Å². The number of hydrogen-bond acceptors (Lipinski definition) is 3. The second kappa shape index (κ2) is 6.78. The molecule has 8 heteroatoms. The molecule has 0 radical (unpaired) electrons. The van der Waals surface area contributed by atoms with E-state index in [9.17, 15) is 23.2 Å². The molecule has 2 heterocycles. The van der Waals surface area contributed by atoms with Crippen molar-refractivity contribution >= 4 is 23.5 Å². The van der Waals surface area contributed by atoms with Crippen LogP contribution in [0.3, 0.4) is 0 Å². The van der Waals surface area contributed by atoms with Crippen LogP contribution in [0.1, 0.15) is 23.2 Å². The van der Waals surface area contributed by atoms with Gasteiger partial charge in [0.2, 0.25) is 12.3 Å². The van der Waals surface area contributed by atoms with Crippen molar-refractivity contribution in [2.45, 2.75) is 19.3 Å². The van der Waals surface area contributed by atoms with Gasteiger partial charge >= 0.3 is 5.97 Å². The van der Waals surface area contributed by atoms with Gasteiger partial charge in [-0.15, -0.1) is 0 Å². The molecule has 2 aliphatic heterocycles. The molecule has 1 N–H and O–H groups in total. The van der Waals surface area contributed by atoms with Crippen LogP contribution in [0.25, 0.3) is 0 Å². The third-order valence-corrected chi connectivity index (χ3v) is 4.79. The molecule has 0 unspecified atom stereocenters. The smallest absolute Gasteiger partial charge is 0.308 e. The van der Waals surface area contributed by atoms with Crippen molar-refractivity contribution in [2.24, 2.45) is 11.8 Å². The number of hydrogen-bond donors (Lipinski definition) is 1. The van der Waals surface area contributed by atoms with Crippen LogP contribution in [-0.4, -0.2) is 53.8 Å². The third-order valence-electron chi connectivity index (χ3n) is 4.79. The van der Waals surface area contributed by atoms with E-state index < -0.39 is 30.1 Å². The molecular weight excluding hydrogens is 334 g/mol. The van der Waals surface area contributed by atoms with Crippen LogP contribution in [0.2, 0.25) is 0 Å². The average Bonchev–Trinajstić information content (AvgIpc) is 3.21. The zero-order valence-corrected chi connectivity index (χ0v) is 13.4. The van der Waals surface area contributed by atoms with Gasteiger partial charge in [-0.25, -0.2) is 8.78 Å². The number of carboxylic acids is 1. The van der Waals surface area contributed by atoms with Crippen LogP contribution < -0.4 is 4.90 Å². The largest absolute Gasteiger partial charge is 0.481 e. The van der Waals surface area contributed by atoms with Gasteiger partial charge < -0.3 is 14.9 Å². The number of alkyl halides is 2. The molecule has 25 heavy (non-hydrogen) atoms. The Morgan fingerprint density at radius 2 is 1.84 bits per heavy atom. The summed E-state index contributed by atoms with van der Waals surface area (Å²) in [5.41, 5.74) is 0.976. The van der Waals surface area contributed by atoms with E-state index in [2.05, 4.69) is 0 Å². The Morgan fingerprint density at radius 3 is 2.32 bits per heavy atom. The summed E-state index contributed by atoms with van der Waals surface area (Å²) in [6, 6.07) is 6.36. The molecule has 134 valence electrons. The summed E-state index contributed by atoms with van der Waals surface area (Å²) in [5.74, 6) is -4.38. The maximum atomic E-state index is 13.0. The minimum Gasteiger partial charge on any atom is -0.481 e. The minimum absolute atomic E-state index is 0.0303. The van der Waals surface area contributed by atoms with Crippen LogP contribution >= 0.6 is 0 Å².